The van der Waals surface area contributed by atoms with Crippen LogP contribution in [0.1, 0.15) is 45.2 Å². The first kappa shape index (κ1) is 20.9. The largest absolute Gasteiger partial charge is 0.443 e. The predicted molar refractivity (Wildman–Crippen MR) is 115 cm³/mol. The maximum Gasteiger partial charge on any atom is 0.425 e. The molecule has 30 heavy (non-hydrogen) atoms. The number of amides is 1. The van der Waals surface area contributed by atoms with Crippen LogP contribution in [0.4, 0.5) is 4.79 Å². The second-order valence-corrected chi connectivity index (χ2v) is 11.3. The standard InChI is InChI=1S/C23H28N2O4S/c1-21(2,3)29-20(26)24-16-22(4)15-23(17-25(22)30(24,27)28,18-11-7-5-8-12-18)19-13-9-6-10-14-19/h5-14H,15-17H2,1-4H3/t22-/m0/s1. The molecule has 0 aliphatic carbocycles. The Bertz CT molecular complexity index is 1010. The summed E-state index contributed by atoms with van der Waals surface area (Å²) in [6.45, 7) is 7.46. The number of hydrogen-bond donors (Lipinski definition) is 0. The molecule has 1 amide bonds. The molecule has 2 saturated heterocycles. The molecule has 6 nitrogen and oxygen atoms in total. The van der Waals surface area contributed by atoms with Gasteiger partial charge in [-0.15, -0.1) is 0 Å². The molecule has 0 spiro atoms. The van der Waals surface area contributed by atoms with Crippen molar-refractivity contribution in [3.63, 3.8) is 0 Å². The summed E-state index contributed by atoms with van der Waals surface area (Å²) >= 11 is 0. The molecule has 2 aromatic rings. The zero-order valence-electron chi connectivity index (χ0n) is 17.8. The first-order valence-electron chi connectivity index (χ1n) is 10.1. The summed E-state index contributed by atoms with van der Waals surface area (Å²) < 4.78 is 34.6. The van der Waals surface area contributed by atoms with Crippen LogP contribution in [0.3, 0.4) is 0 Å². The molecule has 160 valence electrons. The summed E-state index contributed by atoms with van der Waals surface area (Å²) in [6, 6.07) is 20.0. The van der Waals surface area contributed by atoms with E-state index in [1.54, 1.807) is 20.8 Å². The van der Waals surface area contributed by atoms with Crippen LogP contribution in [-0.2, 0) is 20.4 Å². The van der Waals surface area contributed by atoms with Gasteiger partial charge in [-0.25, -0.2) is 4.79 Å². The van der Waals surface area contributed by atoms with Gasteiger partial charge in [-0.2, -0.15) is 17.0 Å². The third kappa shape index (κ3) is 3.30. The number of fused-ring (bicyclic) bond motifs is 1. The van der Waals surface area contributed by atoms with Gasteiger partial charge in [0.25, 0.3) is 0 Å². The second kappa shape index (κ2) is 6.82. The van der Waals surface area contributed by atoms with Gasteiger partial charge >= 0.3 is 16.3 Å². The van der Waals surface area contributed by atoms with Crippen LogP contribution in [0.5, 0.6) is 0 Å². The lowest BCUT2D eigenvalue weighted by molar-refractivity contribution is 0.0385. The molecule has 0 aromatic heterocycles. The average Bonchev–Trinajstić information content (AvgIpc) is 3.10. The lowest BCUT2D eigenvalue weighted by Gasteiger charge is -2.33. The lowest BCUT2D eigenvalue weighted by Crippen LogP contribution is -2.43. The molecule has 2 aliphatic heterocycles. The smallest absolute Gasteiger partial charge is 0.425 e. The Hall–Kier alpha value is -2.38. The van der Waals surface area contributed by atoms with Crippen LogP contribution in [0, 0.1) is 0 Å². The zero-order chi connectivity index (χ0) is 21.8. The van der Waals surface area contributed by atoms with Gasteiger partial charge in [-0.3, -0.25) is 0 Å². The number of carbonyl (C=O) groups is 1. The van der Waals surface area contributed by atoms with E-state index in [2.05, 4.69) is 24.3 Å². The highest BCUT2D eigenvalue weighted by molar-refractivity contribution is 7.87. The summed E-state index contributed by atoms with van der Waals surface area (Å²) in [5, 5.41) is 0. The van der Waals surface area contributed by atoms with Gasteiger partial charge in [-0.05, 0) is 45.2 Å². The van der Waals surface area contributed by atoms with Crippen LogP contribution >= 0.6 is 0 Å². The SMILES string of the molecule is CC(C)(C)OC(=O)N1C[C@]2(C)CC(c3ccccc3)(c3ccccc3)CN2S1(=O)=O. The van der Waals surface area contributed by atoms with Crippen LogP contribution < -0.4 is 0 Å². The van der Waals surface area contributed by atoms with Gasteiger partial charge in [-0.1, -0.05) is 60.7 Å². The van der Waals surface area contributed by atoms with E-state index in [-0.39, 0.29) is 13.1 Å². The van der Waals surface area contributed by atoms with E-state index in [1.165, 1.54) is 4.31 Å². The maximum absolute atomic E-state index is 13.4. The van der Waals surface area contributed by atoms with Crippen LogP contribution in [-0.4, -0.2) is 47.4 Å². The molecule has 1 atom stereocenters. The maximum atomic E-state index is 13.4. The third-order valence-electron chi connectivity index (χ3n) is 5.99. The van der Waals surface area contributed by atoms with Crippen LogP contribution in [0.2, 0.25) is 0 Å². The number of benzene rings is 2. The van der Waals surface area contributed by atoms with Crippen molar-refractivity contribution < 1.29 is 17.9 Å². The van der Waals surface area contributed by atoms with Crippen LogP contribution in [0.15, 0.2) is 60.7 Å². The molecule has 0 radical (unpaired) electrons. The highest BCUT2D eigenvalue weighted by Gasteiger charge is 2.64. The fourth-order valence-electron chi connectivity index (χ4n) is 4.77. The molecule has 0 bridgehead atoms. The number of ether oxygens (including phenoxy) is 1. The fraction of sp³-hybridized carbons (Fsp3) is 0.435. The van der Waals surface area contributed by atoms with Crippen molar-refractivity contribution in [2.75, 3.05) is 13.1 Å². The van der Waals surface area contributed by atoms with Gasteiger partial charge in [0.15, 0.2) is 0 Å². The fourth-order valence-corrected chi connectivity index (χ4v) is 6.74. The van der Waals surface area contributed by atoms with Crippen molar-refractivity contribution in [3.8, 4) is 0 Å². The lowest BCUT2D eigenvalue weighted by atomic mass is 9.71. The van der Waals surface area contributed by atoms with Crippen molar-refractivity contribution in [1.29, 1.82) is 0 Å². The van der Waals surface area contributed by atoms with Crippen molar-refractivity contribution in [1.82, 2.24) is 8.61 Å². The van der Waals surface area contributed by atoms with Gasteiger partial charge < -0.3 is 4.74 Å². The van der Waals surface area contributed by atoms with Gasteiger partial charge in [0, 0.05) is 12.0 Å². The summed E-state index contributed by atoms with van der Waals surface area (Å²) in [4.78, 5) is 12.6. The Morgan fingerprint density at radius 1 is 0.933 bits per heavy atom. The minimum Gasteiger partial charge on any atom is -0.443 e. The molecule has 4 rings (SSSR count). The van der Waals surface area contributed by atoms with Crippen molar-refractivity contribution >= 4 is 16.3 Å². The van der Waals surface area contributed by atoms with Crippen molar-refractivity contribution in [2.24, 2.45) is 0 Å². The van der Waals surface area contributed by atoms with Crippen LogP contribution in [0.25, 0.3) is 0 Å². The first-order chi connectivity index (χ1) is 14.0. The molecule has 0 N–H and O–H groups in total. The normalized spacial score (nSPS) is 25.1. The number of carbonyl (C=O) groups excluding carboxylic acids is 1. The van der Waals surface area contributed by atoms with E-state index in [4.69, 9.17) is 4.74 Å². The highest BCUT2D eigenvalue weighted by atomic mass is 32.2. The summed E-state index contributed by atoms with van der Waals surface area (Å²) in [5.41, 5.74) is 0.182. The minimum atomic E-state index is -3.99. The zero-order valence-corrected chi connectivity index (χ0v) is 18.6. The first-order valence-corrected chi connectivity index (χ1v) is 11.5. The van der Waals surface area contributed by atoms with Gasteiger partial charge in [0.2, 0.25) is 0 Å². The minimum absolute atomic E-state index is 0.0751. The van der Waals surface area contributed by atoms with E-state index in [9.17, 15) is 13.2 Å². The van der Waals surface area contributed by atoms with Gasteiger partial charge in [0.05, 0.1) is 12.1 Å². The molecular formula is C23H28N2O4S. The Labute approximate surface area is 178 Å². The van der Waals surface area contributed by atoms with Crippen molar-refractivity contribution in [3.05, 3.63) is 71.8 Å². The van der Waals surface area contributed by atoms with E-state index in [0.29, 0.717) is 6.42 Å². The topological polar surface area (TPSA) is 66.9 Å². The van der Waals surface area contributed by atoms with Gasteiger partial charge in [0.1, 0.15) is 5.60 Å². The molecule has 2 heterocycles. The molecule has 0 saturated carbocycles. The number of hydrogen-bond acceptors (Lipinski definition) is 4. The Morgan fingerprint density at radius 3 is 1.87 bits per heavy atom. The molecule has 7 heteroatoms. The predicted octanol–water partition coefficient (Wildman–Crippen LogP) is 3.93. The summed E-state index contributed by atoms with van der Waals surface area (Å²) in [6.07, 6.45) is -0.241. The average molecular weight is 429 g/mol. The Kier molecular flexibility index (Phi) is 4.74. The Balaban J connectivity index is 1.76. The quantitative estimate of drug-likeness (QED) is 0.727. The van der Waals surface area contributed by atoms with E-state index >= 15 is 0 Å². The van der Waals surface area contributed by atoms with E-state index in [1.807, 2.05) is 43.3 Å². The number of nitrogens with zero attached hydrogens (tertiary/aromatic N) is 2. The number of rotatable bonds is 2. The second-order valence-electron chi connectivity index (χ2n) is 9.49. The third-order valence-corrected chi connectivity index (χ3v) is 7.95. The molecule has 0 unspecified atom stereocenters. The van der Waals surface area contributed by atoms with Crippen molar-refractivity contribution in [2.45, 2.75) is 50.7 Å². The molecule has 2 aliphatic rings. The molecule has 2 fully saturated rings. The van der Waals surface area contributed by atoms with E-state index < -0.39 is 32.9 Å². The monoisotopic (exact) mass is 428 g/mol. The highest BCUT2D eigenvalue weighted by Crippen LogP contribution is 2.52. The Morgan fingerprint density at radius 2 is 1.43 bits per heavy atom. The summed E-state index contributed by atoms with van der Waals surface area (Å²) in [5.74, 6) is 0. The van der Waals surface area contributed by atoms with E-state index in [0.717, 1.165) is 15.4 Å². The molecule has 2 aromatic carbocycles. The summed E-state index contributed by atoms with van der Waals surface area (Å²) in [7, 11) is -3.99. The molecular weight excluding hydrogens is 400 g/mol.